The molecule has 2 aromatic carbocycles. The Kier molecular flexibility index (Phi) is 6.31. The third kappa shape index (κ3) is 4.94. The summed E-state index contributed by atoms with van der Waals surface area (Å²) in [5, 5.41) is 4.42. The monoisotopic (exact) mass is 418 g/mol. The van der Waals surface area contributed by atoms with Crippen LogP contribution in [0.3, 0.4) is 0 Å². The van der Waals surface area contributed by atoms with E-state index >= 15 is 0 Å². The Hall–Kier alpha value is -3.61. The van der Waals surface area contributed by atoms with Crippen LogP contribution in [0.15, 0.2) is 66.9 Å². The molecule has 0 atom stereocenters. The maximum Gasteiger partial charge on any atom is 0.274 e. The molecular weight excluding hydrogens is 392 g/mol. The number of rotatable bonds is 6. The van der Waals surface area contributed by atoms with Gasteiger partial charge < -0.3 is 14.5 Å². The molecule has 0 spiro atoms. The van der Waals surface area contributed by atoms with Gasteiger partial charge >= 0.3 is 0 Å². The first-order valence-electron chi connectivity index (χ1n) is 10.4. The lowest BCUT2D eigenvalue weighted by molar-refractivity contribution is -0.132. The fraction of sp³-hybridized carbons (Fsp3) is 0.292. The van der Waals surface area contributed by atoms with Gasteiger partial charge in [0.2, 0.25) is 5.91 Å². The Morgan fingerprint density at radius 1 is 0.903 bits per heavy atom. The number of carbonyl (C=O) groups excluding carboxylic acids is 2. The molecule has 3 aromatic rings. The Labute approximate surface area is 181 Å². The van der Waals surface area contributed by atoms with Gasteiger partial charge in [0.05, 0.1) is 12.8 Å². The van der Waals surface area contributed by atoms with Crippen LogP contribution in [0.2, 0.25) is 0 Å². The summed E-state index contributed by atoms with van der Waals surface area (Å²) in [6.45, 7) is 2.13. The van der Waals surface area contributed by atoms with E-state index in [4.69, 9.17) is 4.74 Å². The molecule has 0 aliphatic carbocycles. The first-order valence-corrected chi connectivity index (χ1v) is 10.4. The van der Waals surface area contributed by atoms with Crippen LogP contribution in [-0.2, 0) is 11.2 Å². The lowest BCUT2D eigenvalue weighted by Crippen LogP contribution is -2.50. The second-order valence-electron chi connectivity index (χ2n) is 7.50. The first-order chi connectivity index (χ1) is 15.1. The molecule has 0 saturated carbocycles. The molecule has 1 aromatic heterocycles. The minimum atomic E-state index is -0.0972. The summed E-state index contributed by atoms with van der Waals surface area (Å²) in [6, 6.07) is 19.2. The predicted molar refractivity (Wildman–Crippen MR) is 117 cm³/mol. The third-order valence-electron chi connectivity index (χ3n) is 5.54. The van der Waals surface area contributed by atoms with Crippen molar-refractivity contribution in [2.45, 2.75) is 12.8 Å². The summed E-state index contributed by atoms with van der Waals surface area (Å²) < 4.78 is 6.86. The summed E-state index contributed by atoms with van der Waals surface area (Å²) in [7, 11) is 1.64. The molecule has 0 bridgehead atoms. The number of carbonyl (C=O) groups is 2. The van der Waals surface area contributed by atoms with Gasteiger partial charge in [0.15, 0.2) is 5.69 Å². The number of hydrogen-bond acceptors (Lipinski definition) is 4. The van der Waals surface area contributed by atoms with E-state index in [0.717, 1.165) is 17.0 Å². The normalized spacial score (nSPS) is 13.8. The van der Waals surface area contributed by atoms with Gasteiger partial charge in [-0.25, -0.2) is 4.68 Å². The summed E-state index contributed by atoms with van der Waals surface area (Å²) in [4.78, 5) is 29.0. The molecule has 0 unspecified atom stereocenters. The number of nitrogens with zero attached hydrogens (tertiary/aromatic N) is 4. The molecule has 7 nitrogen and oxygen atoms in total. The van der Waals surface area contributed by atoms with Gasteiger partial charge in [0.1, 0.15) is 5.75 Å². The van der Waals surface area contributed by atoms with Gasteiger partial charge in [-0.3, -0.25) is 9.59 Å². The first kappa shape index (κ1) is 20.7. The van der Waals surface area contributed by atoms with E-state index in [1.807, 2.05) is 59.5 Å². The van der Waals surface area contributed by atoms with Crippen molar-refractivity contribution in [3.8, 4) is 11.4 Å². The SMILES string of the molecule is COc1ccc(CCC(=O)N2CCN(C(=O)c3ccn(-c4ccccc4)n3)CC2)cc1. The van der Waals surface area contributed by atoms with Crippen molar-refractivity contribution in [2.24, 2.45) is 0 Å². The van der Waals surface area contributed by atoms with Crippen molar-refractivity contribution in [3.05, 3.63) is 78.1 Å². The Balaban J connectivity index is 1.27. The number of ether oxygens (including phenoxy) is 1. The zero-order valence-electron chi connectivity index (χ0n) is 17.6. The number of methoxy groups -OCH3 is 1. The number of amides is 2. The van der Waals surface area contributed by atoms with E-state index < -0.39 is 0 Å². The summed E-state index contributed by atoms with van der Waals surface area (Å²) in [5.74, 6) is 0.834. The molecule has 1 aliphatic rings. The van der Waals surface area contributed by atoms with Gasteiger partial charge in [-0.2, -0.15) is 5.10 Å². The predicted octanol–water partition coefficient (Wildman–Crippen LogP) is 2.80. The topological polar surface area (TPSA) is 67.7 Å². The molecule has 160 valence electrons. The van der Waals surface area contributed by atoms with Gasteiger partial charge in [0.25, 0.3) is 5.91 Å². The van der Waals surface area contributed by atoms with Crippen molar-refractivity contribution >= 4 is 11.8 Å². The number of para-hydroxylation sites is 1. The Morgan fingerprint density at radius 2 is 1.58 bits per heavy atom. The van der Waals surface area contributed by atoms with Crippen molar-refractivity contribution in [1.82, 2.24) is 19.6 Å². The van der Waals surface area contributed by atoms with E-state index in [9.17, 15) is 9.59 Å². The number of aromatic nitrogens is 2. The molecule has 31 heavy (non-hydrogen) atoms. The highest BCUT2D eigenvalue weighted by atomic mass is 16.5. The second-order valence-corrected chi connectivity index (χ2v) is 7.50. The fourth-order valence-electron chi connectivity index (χ4n) is 3.69. The summed E-state index contributed by atoms with van der Waals surface area (Å²) >= 11 is 0. The van der Waals surface area contributed by atoms with Crippen LogP contribution in [0, 0.1) is 0 Å². The highest BCUT2D eigenvalue weighted by molar-refractivity contribution is 5.92. The van der Waals surface area contributed by atoms with Crippen molar-refractivity contribution < 1.29 is 14.3 Å². The zero-order chi connectivity index (χ0) is 21.6. The van der Waals surface area contributed by atoms with Crippen LogP contribution in [0.4, 0.5) is 0 Å². The molecule has 2 amide bonds. The van der Waals surface area contributed by atoms with E-state index in [0.29, 0.717) is 44.7 Å². The summed E-state index contributed by atoms with van der Waals surface area (Å²) in [5.41, 5.74) is 2.44. The van der Waals surface area contributed by atoms with Crippen LogP contribution in [0.25, 0.3) is 5.69 Å². The maximum absolute atomic E-state index is 12.8. The van der Waals surface area contributed by atoms with Crippen molar-refractivity contribution in [1.29, 1.82) is 0 Å². The number of piperazine rings is 1. The molecule has 1 saturated heterocycles. The number of benzene rings is 2. The van der Waals surface area contributed by atoms with E-state index in [1.54, 1.807) is 29.0 Å². The molecule has 0 radical (unpaired) electrons. The van der Waals surface area contributed by atoms with Crippen LogP contribution < -0.4 is 4.74 Å². The van der Waals surface area contributed by atoms with Crippen LogP contribution in [0.5, 0.6) is 5.75 Å². The van der Waals surface area contributed by atoms with Crippen molar-refractivity contribution in [2.75, 3.05) is 33.3 Å². The number of hydrogen-bond donors (Lipinski definition) is 0. The minimum Gasteiger partial charge on any atom is -0.497 e. The van der Waals surface area contributed by atoms with Crippen LogP contribution in [-0.4, -0.2) is 64.7 Å². The van der Waals surface area contributed by atoms with Gasteiger partial charge in [-0.05, 0) is 42.3 Å². The van der Waals surface area contributed by atoms with Crippen molar-refractivity contribution in [3.63, 3.8) is 0 Å². The average Bonchev–Trinajstić information content (AvgIpc) is 3.33. The quantitative estimate of drug-likeness (QED) is 0.617. The smallest absolute Gasteiger partial charge is 0.274 e. The third-order valence-corrected chi connectivity index (χ3v) is 5.54. The molecule has 1 aliphatic heterocycles. The largest absolute Gasteiger partial charge is 0.497 e. The van der Waals surface area contributed by atoms with Crippen LogP contribution in [0.1, 0.15) is 22.5 Å². The summed E-state index contributed by atoms with van der Waals surface area (Å²) in [6.07, 6.45) is 2.95. The van der Waals surface area contributed by atoms with Gasteiger partial charge in [-0.15, -0.1) is 0 Å². The highest BCUT2D eigenvalue weighted by Gasteiger charge is 2.25. The molecular formula is C24H26N4O3. The lowest BCUT2D eigenvalue weighted by atomic mass is 10.1. The Morgan fingerprint density at radius 3 is 2.26 bits per heavy atom. The van der Waals surface area contributed by atoms with E-state index in [-0.39, 0.29) is 11.8 Å². The standard InChI is InChI=1S/C24H26N4O3/c1-31-21-10-7-19(8-11-21)9-12-23(29)26-15-17-27(18-16-26)24(30)22-13-14-28(25-22)20-5-3-2-4-6-20/h2-8,10-11,13-14H,9,12,15-18H2,1H3. The average molecular weight is 418 g/mol. The highest BCUT2D eigenvalue weighted by Crippen LogP contribution is 2.15. The van der Waals surface area contributed by atoms with Crippen LogP contribution >= 0.6 is 0 Å². The number of aryl methyl sites for hydroxylation is 1. The molecule has 7 heteroatoms. The Bertz CT molecular complexity index is 1020. The van der Waals surface area contributed by atoms with Gasteiger partial charge in [0, 0.05) is 38.8 Å². The molecule has 0 N–H and O–H groups in total. The maximum atomic E-state index is 12.8. The molecule has 2 heterocycles. The van der Waals surface area contributed by atoms with Gasteiger partial charge in [-0.1, -0.05) is 30.3 Å². The van der Waals surface area contributed by atoms with E-state index in [2.05, 4.69) is 5.10 Å². The van der Waals surface area contributed by atoms with E-state index in [1.165, 1.54) is 0 Å². The minimum absolute atomic E-state index is 0.0972. The fourth-order valence-corrected chi connectivity index (χ4v) is 3.69. The molecule has 1 fully saturated rings. The zero-order valence-corrected chi connectivity index (χ0v) is 17.6. The second kappa shape index (κ2) is 9.47. The molecule has 4 rings (SSSR count). The lowest BCUT2D eigenvalue weighted by Gasteiger charge is -2.34.